The number of aryl methyl sites for hydroxylation is 3. The molecule has 15 rings (SSSR count). The Labute approximate surface area is 665 Å². The number of nitrogens with two attached hydrogens (primary N) is 3. The Bertz CT molecular complexity index is 5630. The van der Waals surface area contributed by atoms with Gasteiger partial charge >= 0.3 is 23.8 Å². The molecule has 26 atom stereocenters. The van der Waals surface area contributed by atoms with Crippen molar-refractivity contribution in [2.45, 2.75) is 182 Å². The van der Waals surface area contributed by atoms with Crippen LogP contribution in [0.2, 0.25) is 0 Å². The molecular weight excluding hydrogens is 1720 g/mol. The average molecular weight is 1790 g/mol. The normalized spacial score (nSPS) is 35.0. The second kappa shape index (κ2) is 30.8. The quantitative estimate of drug-likeness (QED) is 0.0171. The van der Waals surface area contributed by atoms with Gasteiger partial charge in [-0.2, -0.15) is 9.97 Å². The molecule has 10 unspecified atom stereocenters. The van der Waals surface area contributed by atoms with Gasteiger partial charge in [-0.15, -0.1) is 0 Å². The van der Waals surface area contributed by atoms with Crippen LogP contribution in [0.25, 0.3) is 22.3 Å². The van der Waals surface area contributed by atoms with Crippen LogP contribution in [-0.2, 0) is 147 Å². The number of nitrogens with zero attached hydrogens (tertiary/aromatic N) is 11. The number of anilines is 3. The topological polar surface area (TPSA) is 623 Å². The fourth-order valence-electron chi connectivity index (χ4n) is 15.0. The third-order valence-corrected chi connectivity index (χ3v) is 28.7. The van der Waals surface area contributed by atoms with Gasteiger partial charge in [-0.25, -0.2) is 34.3 Å². The van der Waals surface area contributed by atoms with Crippen molar-refractivity contribution in [1.82, 2.24) is 67.7 Å². The highest BCUT2D eigenvalue weighted by molar-refractivity contribution is 8.32. The van der Waals surface area contributed by atoms with Crippen LogP contribution in [-0.4, -0.2) is 214 Å². The summed E-state index contributed by atoms with van der Waals surface area (Å²) in [6.07, 6.45) is -18.1. The van der Waals surface area contributed by atoms with Crippen LogP contribution in [0.5, 0.6) is 0 Å². The minimum atomic E-state index is -5.16. The number of aromatic amines is 3. The number of aromatic nitrogens is 14. The molecule has 47 nitrogen and oxygen atoms in total. The first kappa shape index (κ1) is 83.8. The lowest BCUT2D eigenvalue weighted by molar-refractivity contribution is -0.240. The van der Waals surface area contributed by atoms with Gasteiger partial charge in [0.15, 0.2) is 48.1 Å². The summed E-state index contributed by atoms with van der Waals surface area (Å²) in [5.41, 5.74) is 7.53. The largest absolute Gasteiger partial charge is 0.780 e. The fourth-order valence-corrected chi connectivity index (χ4v) is 21.8. The lowest BCUT2D eigenvalue weighted by Gasteiger charge is -2.42. The zero-order valence-electron chi connectivity index (χ0n) is 60.1. The minimum Gasteiger partial charge on any atom is -0.780 e. The number of aliphatic hydroxyl groups excluding tert-OH is 1. The molecule has 57 heteroatoms. The van der Waals surface area contributed by atoms with E-state index in [1.165, 1.54) is 68.8 Å². The number of nitrogen functional groups attached to an aromatic ring is 3. The molecule has 8 fully saturated rings. The van der Waals surface area contributed by atoms with Crippen molar-refractivity contribution in [2.75, 3.05) is 57.3 Å². The summed E-state index contributed by atoms with van der Waals surface area (Å²) >= 11 is 27.5. The van der Waals surface area contributed by atoms with Gasteiger partial charge in [0.25, 0.3) is 16.7 Å². The van der Waals surface area contributed by atoms with E-state index in [0.717, 1.165) is 33.3 Å². The van der Waals surface area contributed by atoms with Crippen LogP contribution in [0.4, 0.5) is 17.6 Å². The van der Waals surface area contributed by atoms with E-state index in [1.807, 2.05) is 0 Å². The molecule has 0 radical (unpaired) electrons. The Balaban J connectivity index is 0.696. The van der Waals surface area contributed by atoms with Gasteiger partial charge < -0.3 is 137 Å². The van der Waals surface area contributed by atoms with Crippen molar-refractivity contribution in [3.05, 3.63) is 117 Å². The van der Waals surface area contributed by atoms with Crippen molar-refractivity contribution in [1.29, 1.82) is 0 Å². The van der Waals surface area contributed by atoms with Crippen molar-refractivity contribution < 1.29 is 112 Å². The molecular formula is C57H70N17O30P5S5-4. The molecule has 114 heavy (non-hydrogen) atoms. The smallest absolute Gasteiger partial charge is 0.351 e. The van der Waals surface area contributed by atoms with Crippen LogP contribution in [0.15, 0.2) is 66.3 Å². The predicted molar refractivity (Wildman–Crippen MR) is 397 cm³/mol. The van der Waals surface area contributed by atoms with E-state index < -0.39 is 228 Å². The number of ether oxygens (including phenoxy) is 8. The van der Waals surface area contributed by atoms with Gasteiger partial charge in [0.05, 0.1) is 76.2 Å². The standard InChI is InChI=1S/C57H74N17O30P5S5/c1-21-10-71(52(79)65-41(21)58)48-35-38(55(15-75,97-48)24(4)92-35)102-108(85,113)90-16-56-25(5)93-36(49(98-56)72-12-23(3)46(77)69-54(72)81)39(56)104-109(86,114)91-17-57-26(6)94-37(50(99-57)74-20-63-33-42(59)61-18-62-43(33)74)40(57)103-107(84,112)89-14-30-28(9-32(96-30)73-19-64-34-44(73)66-51(60)67-47(34)78)101-106(83,111)88-13-29-27(100-105(82,110)87-7)8-31(95-29)70-11-22(2)45(76)68-53(70)80/h10-12,18-20,24-32,35-40,48-50,75H,8-9,13-17H2,1-7H3,(H,82,110)(H,83,111)(H,84,112)(H,85,113)(H,86,114)(H2,58,65,79)(H2,59,61,62)(H,68,76,80)(H,69,77,81)(H3,60,66,67,78)/p-4/t24-,25-,26-,27?,28?,29+,30+,31+,32+,35-,36-,37-,38?,39?,40?,48+,49+,50+,55-,56-,57-,105?,106?,107?,108?,109?/m0/s1. The molecule has 0 amide bonds. The fraction of sp³-hybridized carbons (Fsp3) is 0.614. The molecule has 7 aromatic rings. The molecule has 0 aromatic carbocycles. The summed E-state index contributed by atoms with van der Waals surface area (Å²) in [6, 6.07) is 0. The van der Waals surface area contributed by atoms with E-state index >= 15 is 9.46 Å². The van der Waals surface area contributed by atoms with Crippen LogP contribution >= 0.6 is 33.7 Å². The Morgan fingerprint density at radius 1 is 0.570 bits per heavy atom. The summed E-state index contributed by atoms with van der Waals surface area (Å²) < 4.78 is 132. The number of rotatable bonds is 29. The molecule has 7 aromatic heterocycles. The summed E-state index contributed by atoms with van der Waals surface area (Å²) in [4.78, 5) is 165. The zero-order valence-corrected chi connectivity index (χ0v) is 68.6. The lowest BCUT2D eigenvalue weighted by Crippen LogP contribution is -2.52. The minimum absolute atomic E-state index is 0.0218. The van der Waals surface area contributed by atoms with Crippen molar-refractivity contribution in [3.8, 4) is 0 Å². The average Bonchev–Trinajstić information content (AvgIpc) is 2.09. The molecule has 11 N–H and O–H groups in total. The first-order valence-electron chi connectivity index (χ1n) is 34.3. The van der Waals surface area contributed by atoms with Crippen LogP contribution in [0.3, 0.4) is 0 Å². The van der Waals surface area contributed by atoms with Crippen molar-refractivity contribution in [3.63, 3.8) is 0 Å². The molecule has 0 aliphatic carbocycles. The van der Waals surface area contributed by atoms with Crippen LogP contribution < -0.4 is 65.6 Å². The monoisotopic (exact) mass is 1790 g/mol. The second-order valence-electron chi connectivity index (χ2n) is 27.8. The highest BCUT2D eigenvalue weighted by Crippen LogP contribution is 2.63. The van der Waals surface area contributed by atoms with Gasteiger partial charge in [-0.3, -0.25) is 56.7 Å². The maximum Gasteiger partial charge on any atom is 0.351 e. The summed E-state index contributed by atoms with van der Waals surface area (Å²) in [6.45, 7) is -19.4. The molecule has 15 heterocycles. The van der Waals surface area contributed by atoms with Gasteiger partial charge in [0, 0.05) is 55.2 Å². The Morgan fingerprint density at radius 2 is 1.05 bits per heavy atom. The van der Waals surface area contributed by atoms with Crippen LogP contribution in [0, 0.1) is 20.8 Å². The third kappa shape index (κ3) is 15.4. The summed E-state index contributed by atoms with van der Waals surface area (Å²) in [7, 11) is 1.09. The first-order valence-corrected chi connectivity index (χ1v) is 47.1. The number of fused-ring (bicyclic) bond motifs is 8. The zero-order chi connectivity index (χ0) is 81.8. The number of hydrogen-bond donors (Lipinski definition) is 8. The molecule has 0 spiro atoms. The summed E-state index contributed by atoms with van der Waals surface area (Å²) in [5, 5.41) is 10.9. The number of hydrogen-bond acceptors (Lipinski definition) is 43. The predicted octanol–water partition coefficient (Wildman–Crippen LogP) is -3.01. The van der Waals surface area contributed by atoms with E-state index in [0.29, 0.717) is 5.56 Å². The van der Waals surface area contributed by atoms with E-state index in [2.05, 4.69) is 44.9 Å². The molecule has 8 saturated heterocycles. The third-order valence-electron chi connectivity index (χ3n) is 20.9. The Morgan fingerprint density at radius 3 is 1.66 bits per heavy atom. The first-order chi connectivity index (χ1) is 53.6. The number of nitrogens with one attached hydrogen (secondary N) is 3. The second-order valence-corrected chi connectivity index (χ2v) is 41.5. The van der Waals surface area contributed by atoms with E-state index in [4.69, 9.17) is 160 Å². The Kier molecular flexibility index (Phi) is 22.7. The maximum absolute atomic E-state index is 15.4. The maximum atomic E-state index is 15.4. The van der Waals surface area contributed by atoms with E-state index in [-0.39, 0.29) is 63.9 Å². The Hall–Kier alpha value is -5.20. The SMILES string of the molecule is COP(O)(=S)OC1C[C@H](n2cc(C)c(=O)[nH]c2=O)O[C@@H]1COP([O-])(=S)OC1C[C@H](n2cnc3c(=O)[nH]c(N)nc32)O[C@@H]1COP([O-])(=S)OC1[C@@H]2O[C@@H](C)[C@]1(COP(=O)([S-])OC1[C@@H]3O[C@@H](C)[C@]1(COP([O-])(=S)OC1[C@@H]4O[C@@H](C)[C@]1(CO)O[C@H]4n1cc(C)c(N)nc1=O)O[C@H]3n1cc(C)c(=O)[nH]c1=O)O[C@H]2n1cnc2c(N)ncnc21. The highest BCUT2D eigenvalue weighted by atomic mass is 32.7. The highest BCUT2D eigenvalue weighted by Gasteiger charge is 2.71. The molecule has 6 bridgehead atoms. The number of imidazole rings is 2. The number of aliphatic hydroxyl groups is 1. The van der Waals surface area contributed by atoms with Gasteiger partial charge in [0.1, 0.15) is 116 Å². The van der Waals surface area contributed by atoms with Gasteiger partial charge in [-0.05, 0) is 53.3 Å². The van der Waals surface area contributed by atoms with Crippen LogP contribution in [0.1, 0.15) is 81.4 Å². The molecule has 622 valence electrons. The lowest BCUT2D eigenvalue weighted by atomic mass is 9.94. The van der Waals surface area contributed by atoms with Crippen molar-refractivity contribution in [2.24, 2.45) is 0 Å². The molecule has 8 aliphatic rings. The van der Waals surface area contributed by atoms with E-state index in [1.54, 1.807) is 6.92 Å². The summed E-state index contributed by atoms with van der Waals surface area (Å²) in [5.74, 6) is -0.425. The van der Waals surface area contributed by atoms with Gasteiger partial charge in [-0.1, -0.05) is 35.4 Å². The van der Waals surface area contributed by atoms with E-state index in [9.17, 15) is 48.6 Å². The number of H-pyrrole nitrogens is 3. The van der Waals surface area contributed by atoms with Gasteiger partial charge in [0.2, 0.25) is 5.95 Å². The van der Waals surface area contributed by atoms with Crippen molar-refractivity contribution >= 4 is 133 Å². The molecule has 8 aliphatic heterocycles. The molecule has 0 saturated carbocycles.